The molecule has 0 N–H and O–H groups in total. The lowest BCUT2D eigenvalue weighted by atomic mass is 10.0. The van der Waals surface area contributed by atoms with Crippen LogP contribution in [0.3, 0.4) is 0 Å². The highest BCUT2D eigenvalue weighted by atomic mass is 16.2. The van der Waals surface area contributed by atoms with E-state index in [0.29, 0.717) is 11.5 Å². The summed E-state index contributed by atoms with van der Waals surface area (Å²) in [4.78, 5) is 13.6. The Labute approximate surface area is 112 Å². The first-order valence-corrected chi connectivity index (χ1v) is 7.33. The van der Waals surface area contributed by atoms with Crippen molar-refractivity contribution in [2.45, 2.75) is 66.3 Å². The maximum Gasteiger partial charge on any atom is 0.219 e. The lowest BCUT2D eigenvalue weighted by Gasteiger charge is -2.29. The molecule has 0 aliphatic heterocycles. The molecule has 2 nitrogen and oxygen atoms in total. The van der Waals surface area contributed by atoms with Crippen LogP contribution in [0.2, 0.25) is 0 Å². The highest BCUT2D eigenvalue weighted by molar-refractivity contribution is 5.73. The standard InChI is InChI=1S/C16H29NO/c1-6-7-8-9-10-15-11-16(15,5)12-17(13(2)3)14(4)18/h7-8,13,15H,6,9-12H2,1-5H3/b8-7-. The summed E-state index contributed by atoms with van der Waals surface area (Å²) in [5.74, 6) is 1.02. The summed E-state index contributed by atoms with van der Waals surface area (Å²) in [6.07, 6.45) is 9.42. The molecule has 0 bridgehead atoms. The Balaban J connectivity index is 2.39. The summed E-state index contributed by atoms with van der Waals surface area (Å²) in [5, 5.41) is 0. The van der Waals surface area contributed by atoms with Gasteiger partial charge >= 0.3 is 0 Å². The van der Waals surface area contributed by atoms with Gasteiger partial charge in [-0.1, -0.05) is 26.0 Å². The molecule has 0 saturated heterocycles. The van der Waals surface area contributed by atoms with Crippen molar-refractivity contribution in [2.24, 2.45) is 11.3 Å². The predicted molar refractivity (Wildman–Crippen MR) is 77.4 cm³/mol. The van der Waals surface area contributed by atoms with Crippen LogP contribution in [-0.2, 0) is 4.79 Å². The van der Waals surface area contributed by atoms with E-state index < -0.39 is 0 Å². The van der Waals surface area contributed by atoms with Crippen molar-refractivity contribution in [1.29, 1.82) is 0 Å². The van der Waals surface area contributed by atoms with Crippen molar-refractivity contribution in [3.05, 3.63) is 12.2 Å². The first kappa shape index (κ1) is 15.3. The topological polar surface area (TPSA) is 20.3 Å². The zero-order valence-electron chi connectivity index (χ0n) is 12.7. The van der Waals surface area contributed by atoms with Crippen molar-refractivity contribution in [1.82, 2.24) is 4.90 Å². The van der Waals surface area contributed by atoms with Crippen LogP contribution in [0.4, 0.5) is 0 Å². The fourth-order valence-corrected chi connectivity index (χ4v) is 2.78. The molecule has 1 rings (SSSR count). The summed E-state index contributed by atoms with van der Waals surface area (Å²) in [6, 6.07) is 0.320. The minimum Gasteiger partial charge on any atom is -0.340 e. The molecule has 0 aromatic carbocycles. The smallest absolute Gasteiger partial charge is 0.219 e. The fourth-order valence-electron chi connectivity index (χ4n) is 2.78. The summed E-state index contributed by atoms with van der Waals surface area (Å²) in [6.45, 7) is 11.3. The van der Waals surface area contributed by atoms with Gasteiger partial charge in [0.1, 0.15) is 0 Å². The van der Waals surface area contributed by atoms with E-state index in [1.54, 1.807) is 6.92 Å². The van der Waals surface area contributed by atoms with Gasteiger partial charge in [-0.3, -0.25) is 4.79 Å². The Bertz CT molecular complexity index is 308. The Morgan fingerprint density at radius 2 is 2.11 bits per heavy atom. The van der Waals surface area contributed by atoms with Crippen molar-refractivity contribution in [2.75, 3.05) is 6.54 Å². The van der Waals surface area contributed by atoms with Gasteiger partial charge in [-0.05, 0) is 50.9 Å². The van der Waals surface area contributed by atoms with Crippen LogP contribution in [-0.4, -0.2) is 23.4 Å². The Morgan fingerprint density at radius 3 is 2.61 bits per heavy atom. The van der Waals surface area contributed by atoms with Crippen molar-refractivity contribution in [3.63, 3.8) is 0 Å². The number of carbonyl (C=O) groups is 1. The predicted octanol–water partition coefficient (Wildman–Crippen LogP) is 4.02. The Hall–Kier alpha value is -0.790. The molecule has 0 spiro atoms. The second kappa shape index (κ2) is 6.40. The molecule has 1 aliphatic rings. The minimum absolute atomic E-state index is 0.211. The minimum atomic E-state index is 0.211. The number of rotatable bonds is 7. The molecule has 104 valence electrons. The number of amides is 1. The molecule has 0 aromatic heterocycles. The summed E-state index contributed by atoms with van der Waals surface area (Å²) in [7, 11) is 0. The molecule has 1 saturated carbocycles. The van der Waals surface area contributed by atoms with Crippen LogP contribution >= 0.6 is 0 Å². The molecule has 1 fully saturated rings. The molecule has 2 atom stereocenters. The zero-order valence-corrected chi connectivity index (χ0v) is 12.7. The second-order valence-electron chi connectivity index (χ2n) is 6.25. The van der Waals surface area contributed by atoms with Gasteiger partial charge in [0.25, 0.3) is 0 Å². The summed E-state index contributed by atoms with van der Waals surface area (Å²) < 4.78 is 0. The van der Waals surface area contributed by atoms with Crippen LogP contribution in [0.5, 0.6) is 0 Å². The molecule has 0 radical (unpaired) electrons. The SMILES string of the molecule is CC/C=C\CCC1CC1(C)CN(C(C)=O)C(C)C. The van der Waals surface area contributed by atoms with E-state index in [0.717, 1.165) is 18.9 Å². The third kappa shape index (κ3) is 4.15. The van der Waals surface area contributed by atoms with E-state index in [1.807, 2.05) is 4.90 Å². The largest absolute Gasteiger partial charge is 0.340 e. The van der Waals surface area contributed by atoms with Gasteiger partial charge in [0.05, 0.1) is 0 Å². The van der Waals surface area contributed by atoms with Gasteiger partial charge in [0.15, 0.2) is 0 Å². The molecule has 2 heteroatoms. The molecule has 1 amide bonds. The lowest BCUT2D eigenvalue weighted by molar-refractivity contribution is -0.131. The highest BCUT2D eigenvalue weighted by Crippen LogP contribution is 2.55. The summed E-state index contributed by atoms with van der Waals surface area (Å²) >= 11 is 0. The quantitative estimate of drug-likeness (QED) is 0.626. The van der Waals surface area contributed by atoms with Crippen LogP contribution in [0.25, 0.3) is 0 Å². The summed E-state index contributed by atoms with van der Waals surface area (Å²) in [5.41, 5.74) is 0.371. The van der Waals surface area contributed by atoms with Gasteiger partial charge in [-0.15, -0.1) is 0 Å². The van der Waals surface area contributed by atoms with E-state index >= 15 is 0 Å². The van der Waals surface area contributed by atoms with Crippen molar-refractivity contribution in [3.8, 4) is 0 Å². The number of hydrogen-bond donors (Lipinski definition) is 0. The number of nitrogens with zero attached hydrogens (tertiary/aromatic N) is 1. The molecule has 0 heterocycles. The monoisotopic (exact) mass is 251 g/mol. The van der Waals surface area contributed by atoms with Crippen molar-refractivity contribution >= 4 is 5.91 Å². The van der Waals surface area contributed by atoms with Gasteiger partial charge in [-0.25, -0.2) is 0 Å². The van der Waals surface area contributed by atoms with E-state index in [9.17, 15) is 4.79 Å². The first-order chi connectivity index (χ1) is 8.40. The Morgan fingerprint density at radius 1 is 1.44 bits per heavy atom. The number of allylic oxidation sites excluding steroid dienone is 2. The van der Waals surface area contributed by atoms with Crippen molar-refractivity contribution < 1.29 is 4.79 Å². The molecule has 0 aromatic rings. The number of carbonyl (C=O) groups excluding carboxylic acids is 1. The average Bonchev–Trinajstić information content (AvgIpc) is 2.92. The Kier molecular flexibility index (Phi) is 5.43. The molecular formula is C16H29NO. The molecule has 2 unspecified atom stereocenters. The van der Waals surface area contributed by atoms with Gasteiger partial charge < -0.3 is 4.90 Å². The van der Waals surface area contributed by atoms with Gasteiger partial charge in [0, 0.05) is 19.5 Å². The van der Waals surface area contributed by atoms with E-state index in [2.05, 4.69) is 39.8 Å². The van der Waals surface area contributed by atoms with Gasteiger partial charge in [0.2, 0.25) is 5.91 Å². The molecule has 1 aliphatic carbocycles. The highest BCUT2D eigenvalue weighted by Gasteiger charge is 2.50. The van der Waals surface area contributed by atoms with Gasteiger partial charge in [-0.2, -0.15) is 0 Å². The van der Waals surface area contributed by atoms with Crippen LogP contribution in [0.1, 0.15) is 60.3 Å². The van der Waals surface area contributed by atoms with Crippen LogP contribution < -0.4 is 0 Å². The normalized spacial score (nSPS) is 26.9. The van der Waals surface area contributed by atoms with E-state index in [1.165, 1.54) is 19.3 Å². The maximum atomic E-state index is 11.6. The molecule has 18 heavy (non-hydrogen) atoms. The van der Waals surface area contributed by atoms with Crippen LogP contribution in [0, 0.1) is 11.3 Å². The third-order valence-corrected chi connectivity index (χ3v) is 4.18. The maximum absolute atomic E-state index is 11.6. The molecular weight excluding hydrogens is 222 g/mol. The average molecular weight is 251 g/mol. The van der Waals surface area contributed by atoms with Crippen LogP contribution in [0.15, 0.2) is 12.2 Å². The van der Waals surface area contributed by atoms with E-state index in [-0.39, 0.29) is 5.91 Å². The lowest BCUT2D eigenvalue weighted by Crippen LogP contribution is -2.39. The fraction of sp³-hybridized carbons (Fsp3) is 0.812. The zero-order chi connectivity index (χ0) is 13.8. The van der Waals surface area contributed by atoms with E-state index in [4.69, 9.17) is 0 Å². The number of hydrogen-bond acceptors (Lipinski definition) is 1. The third-order valence-electron chi connectivity index (χ3n) is 4.18. The second-order valence-corrected chi connectivity index (χ2v) is 6.25. The first-order valence-electron chi connectivity index (χ1n) is 7.33.